The third kappa shape index (κ3) is 3.89. The minimum Gasteiger partial charge on any atom is -0.483 e. The van der Waals surface area contributed by atoms with Crippen LogP contribution in [-0.2, 0) is 9.63 Å². The van der Waals surface area contributed by atoms with Crippen LogP contribution in [-0.4, -0.2) is 19.6 Å². The molecule has 1 rings (SSSR count). The topological polar surface area (TPSA) is 47.6 Å². The Hall–Kier alpha value is -1.07. The van der Waals surface area contributed by atoms with Gasteiger partial charge in [-0.25, -0.2) is 5.48 Å². The molecule has 0 fully saturated rings. The highest BCUT2D eigenvalue weighted by molar-refractivity contribution is 9.10. The second kappa shape index (κ2) is 5.72. The average molecular weight is 274 g/mol. The van der Waals surface area contributed by atoms with Crippen molar-refractivity contribution in [3.8, 4) is 5.75 Å². The summed E-state index contributed by atoms with van der Waals surface area (Å²) < 4.78 is 6.09. The number of carbonyl (C=O) groups is 1. The number of carbonyl (C=O) groups excluding carboxylic acids is 1. The summed E-state index contributed by atoms with van der Waals surface area (Å²) in [6.07, 6.45) is 0. The van der Waals surface area contributed by atoms with Crippen LogP contribution in [0.3, 0.4) is 0 Å². The summed E-state index contributed by atoms with van der Waals surface area (Å²) in [4.78, 5) is 15.5. The number of amides is 1. The molecule has 0 unspecified atom stereocenters. The van der Waals surface area contributed by atoms with Crippen molar-refractivity contribution in [3.05, 3.63) is 28.2 Å². The smallest absolute Gasteiger partial charge is 0.281 e. The third-order valence-corrected chi connectivity index (χ3v) is 2.28. The van der Waals surface area contributed by atoms with Crippen LogP contribution in [0.15, 0.2) is 22.7 Å². The molecule has 0 saturated heterocycles. The molecular formula is C10H12BrNO3. The van der Waals surface area contributed by atoms with E-state index in [2.05, 4.69) is 26.2 Å². The zero-order valence-electron chi connectivity index (χ0n) is 8.54. The highest BCUT2D eigenvalue weighted by atomic mass is 79.9. The Morgan fingerprint density at radius 3 is 2.87 bits per heavy atom. The van der Waals surface area contributed by atoms with Crippen LogP contribution in [0.2, 0.25) is 0 Å². The summed E-state index contributed by atoms with van der Waals surface area (Å²) in [7, 11) is 1.37. The number of hydrogen-bond acceptors (Lipinski definition) is 3. The van der Waals surface area contributed by atoms with E-state index < -0.39 is 0 Å². The third-order valence-electron chi connectivity index (χ3n) is 1.66. The van der Waals surface area contributed by atoms with Crippen LogP contribution in [0.4, 0.5) is 0 Å². The van der Waals surface area contributed by atoms with Crippen molar-refractivity contribution in [2.45, 2.75) is 6.92 Å². The highest BCUT2D eigenvalue weighted by Gasteiger charge is 2.04. The van der Waals surface area contributed by atoms with Crippen molar-refractivity contribution in [1.82, 2.24) is 5.48 Å². The molecule has 5 heteroatoms. The second-order valence-corrected chi connectivity index (χ2v) is 3.81. The van der Waals surface area contributed by atoms with Gasteiger partial charge in [0.15, 0.2) is 6.61 Å². The normalized spacial score (nSPS) is 9.80. The predicted octanol–water partition coefficient (Wildman–Crippen LogP) is 1.81. The second-order valence-electron chi connectivity index (χ2n) is 2.95. The first-order valence-corrected chi connectivity index (χ1v) is 5.13. The molecule has 0 radical (unpaired) electrons. The van der Waals surface area contributed by atoms with Gasteiger partial charge in [0.2, 0.25) is 0 Å². The summed E-state index contributed by atoms with van der Waals surface area (Å²) in [5, 5.41) is 0. The molecular weight excluding hydrogens is 262 g/mol. The van der Waals surface area contributed by atoms with Gasteiger partial charge >= 0.3 is 0 Å². The fourth-order valence-electron chi connectivity index (χ4n) is 1.01. The van der Waals surface area contributed by atoms with E-state index in [0.29, 0.717) is 5.75 Å². The summed E-state index contributed by atoms with van der Waals surface area (Å²) in [6, 6.07) is 5.64. The van der Waals surface area contributed by atoms with Gasteiger partial charge in [-0.15, -0.1) is 0 Å². The lowest BCUT2D eigenvalue weighted by Crippen LogP contribution is -2.27. The molecule has 82 valence electrons. The summed E-state index contributed by atoms with van der Waals surface area (Å²) in [6.45, 7) is 1.90. The molecule has 0 saturated carbocycles. The maximum atomic E-state index is 11.0. The molecule has 0 aliphatic carbocycles. The van der Waals surface area contributed by atoms with Crippen LogP contribution in [0.5, 0.6) is 5.75 Å². The zero-order valence-corrected chi connectivity index (χ0v) is 10.1. The zero-order chi connectivity index (χ0) is 11.3. The molecule has 1 aromatic rings. The van der Waals surface area contributed by atoms with Gasteiger partial charge in [0.25, 0.3) is 5.91 Å². The molecule has 0 aromatic heterocycles. The quantitative estimate of drug-likeness (QED) is 0.852. The molecule has 0 bridgehead atoms. The first kappa shape index (κ1) is 12.0. The molecule has 0 aliphatic heterocycles. The first-order chi connectivity index (χ1) is 7.13. The van der Waals surface area contributed by atoms with E-state index in [1.54, 1.807) is 6.07 Å². The van der Waals surface area contributed by atoms with Crippen molar-refractivity contribution in [3.63, 3.8) is 0 Å². The van der Waals surface area contributed by atoms with Gasteiger partial charge in [-0.2, -0.15) is 0 Å². The Kier molecular flexibility index (Phi) is 4.58. The number of halogens is 1. The summed E-state index contributed by atoms with van der Waals surface area (Å²) in [5.74, 6) is 0.303. The lowest BCUT2D eigenvalue weighted by atomic mass is 10.2. The van der Waals surface area contributed by atoms with Crippen molar-refractivity contribution < 1.29 is 14.4 Å². The van der Waals surface area contributed by atoms with Gasteiger partial charge in [0.05, 0.1) is 11.6 Å². The van der Waals surface area contributed by atoms with Crippen molar-refractivity contribution in [1.29, 1.82) is 0 Å². The van der Waals surface area contributed by atoms with E-state index in [0.717, 1.165) is 10.0 Å². The maximum absolute atomic E-state index is 11.0. The van der Waals surface area contributed by atoms with E-state index >= 15 is 0 Å². The number of benzene rings is 1. The van der Waals surface area contributed by atoms with Gasteiger partial charge in [0, 0.05) is 0 Å². The molecule has 0 aliphatic rings. The lowest BCUT2D eigenvalue weighted by molar-refractivity contribution is -0.133. The van der Waals surface area contributed by atoms with Gasteiger partial charge in [-0.3, -0.25) is 9.63 Å². The number of hydrogen-bond donors (Lipinski definition) is 1. The van der Waals surface area contributed by atoms with Crippen molar-refractivity contribution in [2.75, 3.05) is 13.7 Å². The molecule has 4 nitrogen and oxygen atoms in total. The van der Waals surface area contributed by atoms with E-state index in [-0.39, 0.29) is 12.5 Å². The largest absolute Gasteiger partial charge is 0.483 e. The van der Waals surface area contributed by atoms with E-state index in [1.165, 1.54) is 7.11 Å². The van der Waals surface area contributed by atoms with Gasteiger partial charge in [-0.05, 0) is 40.5 Å². The van der Waals surface area contributed by atoms with E-state index in [4.69, 9.17) is 4.74 Å². The van der Waals surface area contributed by atoms with E-state index in [1.807, 2.05) is 19.1 Å². The van der Waals surface area contributed by atoms with Crippen LogP contribution in [0.25, 0.3) is 0 Å². The van der Waals surface area contributed by atoms with E-state index in [9.17, 15) is 4.79 Å². The van der Waals surface area contributed by atoms with Gasteiger partial charge in [0.1, 0.15) is 5.75 Å². The van der Waals surface area contributed by atoms with Gasteiger partial charge in [-0.1, -0.05) is 6.07 Å². The maximum Gasteiger partial charge on any atom is 0.281 e. The van der Waals surface area contributed by atoms with Crippen LogP contribution in [0.1, 0.15) is 5.56 Å². The molecule has 15 heavy (non-hydrogen) atoms. The standard InChI is InChI=1S/C10H12BrNO3/c1-7-3-4-9(8(11)5-7)15-6-10(13)12-14-2/h3-5H,6H2,1-2H3,(H,12,13). The number of rotatable bonds is 4. The van der Waals surface area contributed by atoms with Crippen molar-refractivity contribution in [2.24, 2.45) is 0 Å². The molecule has 1 N–H and O–H groups in total. The fraction of sp³-hybridized carbons (Fsp3) is 0.300. The van der Waals surface area contributed by atoms with Crippen LogP contribution < -0.4 is 10.2 Å². The number of ether oxygens (including phenoxy) is 1. The first-order valence-electron chi connectivity index (χ1n) is 4.34. The summed E-state index contributed by atoms with van der Waals surface area (Å²) >= 11 is 3.35. The Morgan fingerprint density at radius 1 is 1.53 bits per heavy atom. The summed E-state index contributed by atoms with van der Waals surface area (Å²) in [5.41, 5.74) is 3.29. The van der Waals surface area contributed by atoms with Crippen LogP contribution >= 0.6 is 15.9 Å². The fourth-order valence-corrected chi connectivity index (χ4v) is 1.62. The van der Waals surface area contributed by atoms with Crippen molar-refractivity contribution >= 4 is 21.8 Å². The molecule has 1 amide bonds. The molecule has 0 spiro atoms. The number of aryl methyl sites for hydroxylation is 1. The molecule has 0 heterocycles. The monoisotopic (exact) mass is 273 g/mol. The SMILES string of the molecule is CONC(=O)COc1ccc(C)cc1Br. The number of hydroxylamine groups is 1. The Balaban J connectivity index is 2.54. The van der Waals surface area contributed by atoms with Crippen LogP contribution in [0, 0.1) is 6.92 Å². The Labute approximate surface area is 96.7 Å². The molecule has 1 aromatic carbocycles. The average Bonchev–Trinajstić information content (AvgIpc) is 2.17. The Morgan fingerprint density at radius 2 is 2.27 bits per heavy atom. The minimum atomic E-state index is -0.329. The highest BCUT2D eigenvalue weighted by Crippen LogP contribution is 2.25. The minimum absolute atomic E-state index is 0.0739. The lowest BCUT2D eigenvalue weighted by Gasteiger charge is -2.08. The molecule has 0 atom stereocenters. The number of nitrogens with one attached hydrogen (secondary N) is 1. The Bertz CT molecular complexity index is 355. The van der Waals surface area contributed by atoms with Gasteiger partial charge < -0.3 is 4.74 Å². The predicted molar refractivity (Wildman–Crippen MR) is 59.5 cm³/mol.